The van der Waals surface area contributed by atoms with Gasteiger partial charge in [0.25, 0.3) is 0 Å². The van der Waals surface area contributed by atoms with Gasteiger partial charge >= 0.3 is 23.9 Å². The first-order chi connectivity index (χ1) is 11.7. The summed E-state index contributed by atoms with van der Waals surface area (Å²) in [4.78, 5) is 46.3. The number of carboxylic acid groups (broad SMARTS) is 1. The Morgan fingerprint density at radius 2 is 1.20 bits per heavy atom. The Hall–Kier alpha value is -2.20. The molecule has 0 radical (unpaired) electrons. The quantitative estimate of drug-likeness (QED) is 0.459. The van der Waals surface area contributed by atoms with Crippen molar-refractivity contribution >= 4 is 23.9 Å². The molecule has 1 aliphatic heterocycles. The van der Waals surface area contributed by atoms with Crippen molar-refractivity contribution in [3.05, 3.63) is 0 Å². The predicted molar refractivity (Wildman–Crippen MR) is 79.0 cm³/mol. The normalized spacial score (nSPS) is 28.7. The van der Waals surface area contributed by atoms with Crippen molar-refractivity contribution in [1.82, 2.24) is 0 Å². The number of esters is 3. The molecule has 0 aromatic rings. The van der Waals surface area contributed by atoms with Crippen molar-refractivity contribution in [1.29, 1.82) is 0 Å². The molecule has 2 N–H and O–H groups in total. The number of aliphatic carboxylic acids is 1. The number of rotatable bonds is 7. The van der Waals surface area contributed by atoms with Gasteiger partial charge in [-0.1, -0.05) is 20.8 Å². The van der Waals surface area contributed by atoms with Gasteiger partial charge in [-0.15, -0.1) is 0 Å². The van der Waals surface area contributed by atoms with Crippen molar-refractivity contribution in [3.63, 3.8) is 0 Å². The molecular formula is C15H22O10. The topological polar surface area (TPSA) is 146 Å². The molecule has 1 heterocycles. The van der Waals surface area contributed by atoms with Crippen LogP contribution in [0.3, 0.4) is 0 Å². The average Bonchev–Trinajstić information content (AvgIpc) is 2.58. The molecule has 1 aliphatic rings. The smallest absolute Gasteiger partial charge is 0.337 e. The highest BCUT2D eigenvalue weighted by molar-refractivity contribution is 5.76. The second kappa shape index (κ2) is 9.33. The lowest BCUT2D eigenvalue weighted by Gasteiger charge is -2.41. The third-order valence-corrected chi connectivity index (χ3v) is 3.43. The van der Waals surface area contributed by atoms with Crippen molar-refractivity contribution < 1.29 is 48.3 Å². The van der Waals surface area contributed by atoms with Crippen LogP contribution in [0.25, 0.3) is 0 Å². The molecule has 1 saturated heterocycles. The molecule has 0 saturated carbocycles. The fourth-order valence-electron chi connectivity index (χ4n) is 2.12. The van der Waals surface area contributed by atoms with E-state index in [0.29, 0.717) is 0 Å². The number of hydrogen-bond donors (Lipinski definition) is 2. The summed E-state index contributed by atoms with van der Waals surface area (Å²) in [6, 6.07) is 0. The Bertz CT molecular complexity index is 516. The van der Waals surface area contributed by atoms with Crippen molar-refractivity contribution in [2.45, 2.75) is 70.7 Å². The van der Waals surface area contributed by atoms with Gasteiger partial charge in [-0.2, -0.15) is 0 Å². The second-order valence-corrected chi connectivity index (χ2v) is 5.21. The molecule has 1 fully saturated rings. The minimum atomic E-state index is -1.87. The zero-order chi connectivity index (χ0) is 19.1. The molecule has 0 amide bonds. The first kappa shape index (κ1) is 20.8. The molecule has 142 valence electrons. The third-order valence-electron chi connectivity index (χ3n) is 3.43. The Morgan fingerprint density at radius 3 is 1.60 bits per heavy atom. The summed E-state index contributed by atoms with van der Waals surface area (Å²) >= 11 is 0. The molecule has 0 aromatic heterocycles. The third kappa shape index (κ3) is 5.40. The summed E-state index contributed by atoms with van der Waals surface area (Å²) in [5, 5.41) is 19.3. The van der Waals surface area contributed by atoms with Crippen LogP contribution in [0.1, 0.15) is 40.0 Å². The number of carbonyl (C=O) groups excluding carboxylic acids is 3. The van der Waals surface area contributed by atoms with Gasteiger partial charge in [-0.3, -0.25) is 14.4 Å². The Labute approximate surface area is 144 Å². The van der Waals surface area contributed by atoms with E-state index in [-0.39, 0.29) is 19.3 Å². The minimum Gasteiger partial charge on any atom is -0.479 e. The van der Waals surface area contributed by atoms with Gasteiger partial charge in [0.1, 0.15) is 0 Å². The van der Waals surface area contributed by atoms with E-state index in [1.54, 1.807) is 0 Å². The zero-order valence-electron chi connectivity index (χ0n) is 14.2. The molecule has 5 atom stereocenters. The molecular weight excluding hydrogens is 340 g/mol. The molecule has 0 aliphatic carbocycles. The van der Waals surface area contributed by atoms with E-state index in [2.05, 4.69) is 0 Å². The van der Waals surface area contributed by atoms with Crippen molar-refractivity contribution in [3.8, 4) is 0 Å². The van der Waals surface area contributed by atoms with Crippen LogP contribution in [-0.4, -0.2) is 64.8 Å². The lowest BCUT2D eigenvalue weighted by molar-refractivity contribution is -0.290. The highest BCUT2D eigenvalue weighted by atomic mass is 16.7. The monoisotopic (exact) mass is 362 g/mol. The average molecular weight is 362 g/mol. The van der Waals surface area contributed by atoms with Gasteiger partial charge in [-0.05, 0) is 0 Å². The molecule has 0 bridgehead atoms. The van der Waals surface area contributed by atoms with E-state index in [1.807, 2.05) is 0 Å². The van der Waals surface area contributed by atoms with Gasteiger partial charge in [0, 0.05) is 19.3 Å². The van der Waals surface area contributed by atoms with Crippen LogP contribution in [0, 0.1) is 0 Å². The maximum atomic E-state index is 11.7. The predicted octanol–water partition coefficient (Wildman–Crippen LogP) is -0.246. The molecule has 1 unspecified atom stereocenters. The lowest BCUT2D eigenvalue weighted by Crippen LogP contribution is -2.63. The Morgan fingerprint density at radius 1 is 0.800 bits per heavy atom. The SMILES string of the molecule is CCC(=O)O[C@@H]1[C@@H](OC(=O)CC)[C@H](OC(=O)CC)C(C(=O)O)O[C@H]1O. The number of aliphatic hydroxyl groups is 1. The molecule has 10 heteroatoms. The number of carboxylic acids is 1. The van der Waals surface area contributed by atoms with E-state index in [0.717, 1.165) is 0 Å². The first-order valence-corrected chi connectivity index (χ1v) is 7.89. The van der Waals surface area contributed by atoms with E-state index < -0.39 is 54.6 Å². The van der Waals surface area contributed by atoms with Gasteiger partial charge < -0.3 is 29.2 Å². The van der Waals surface area contributed by atoms with Crippen LogP contribution in [0.4, 0.5) is 0 Å². The largest absolute Gasteiger partial charge is 0.479 e. The maximum Gasteiger partial charge on any atom is 0.337 e. The fourth-order valence-corrected chi connectivity index (χ4v) is 2.12. The number of carbonyl (C=O) groups is 4. The van der Waals surface area contributed by atoms with Crippen LogP contribution < -0.4 is 0 Å². The minimum absolute atomic E-state index is 0.0422. The maximum absolute atomic E-state index is 11.7. The van der Waals surface area contributed by atoms with E-state index in [9.17, 15) is 29.4 Å². The van der Waals surface area contributed by atoms with E-state index in [1.165, 1.54) is 20.8 Å². The van der Waals surface area contributed by atoms with Gasteiger partial charge in [-0.25, -0.2) is 4.79 Å². The highest BCUT2D eigenvalue weighted by Gasteiger charge is 2.54. The summed E-state index contributed by atoms with van der Waals surface area (Å²) in [5.74, 6) is -3.79. The van der Waals surface area contributed by atoms with E-state index in [4.69, 9.17) is 18.9 Å². The molecule has 0 aromatic carbocycles. The Balaban J connectivity index is 3.22. The molecule has 25 heavy (non-hydrogen) atoms. The standard InChI is InChI=1S/C15H22O10/c1-4-7(16)22-10-11(23-8(17)5-2)13(24-9(18)6-3)15(21)25-12(10)14(19)20/h10-13,15,21H,4-6H2,1-3H3,(H,19,20)/t10-,11-,12?,13+,15+/m0/s1. The summed E-state index contributed by atoms with van der Waals surface area (Å²) in [6.45, 7) is 4.48. The molecule has 1 rings (SSSR count). The van der Waals surface area contributed by atoms with Crippen molar-refractivity contribution in [2.75, 3.05) is 0 Å². The number of ether oxygens (including phenoxy) is 4. The van der Waals surface area contributed by atoms with Crippen molar-refractivity contribution in [2.24, 2.45) is 0 Å². The summed E-state index contributed by atoms with van der Waals surface area (Å²) in [7, 11) is 0. The van der Waals surface area contributed by atoms with Crippen LogP contribution in [0.5, 0.6) is 0 Å². The Kier molecular flexibility index (Phi) is 7.78. The van der Waals surface area contributed by atoms with Gasteiger partial charge in [0.2, 0.25) is 0 Å². The van der Waals surface area contributed by atoms with Crippen LogP contribution in [-0.2, 0) is 38.1 Å². The summed E-state index contributed by atoms with van der Waals surface area (Å²) in [6.07, 6.45) is -8.48. The molecule has 10 nitrogen and oxygen atoms in total. The first-order valence-electron chi connectivity index (χ1n) is 7.89. The van der Waals surface area contributed by atoms with Gasteiger partial charge in [0.05, 0.1) is 0 Å². The number of aliphatic hydroxyl groups excluding tert-OH is 1. The van der Waals surface area contributed by atoms with Crippen LogP contribution in [0.15, 0.2) is 0 Å². The summed E-state index contributed by atoms with van der Waals surface area (Å²) < 4.78 is 20.1. The van der Waals surface area contributed by atoms with Crippen LogP contribution >= 0.6 is 0 Å². The zero-order valence-corrected chi connectivity index (χ0v) is 14.2. The van der Waals surface area contributed by atoms with Crippen LogP contribution in [0.2, 0.25) is 0 Å². The lowest BCUT2D eigenvalue weighted by atomic mass is 9.98. The second-order valence-electron chi connectivity index (χ2n) is 5.21. The van der Waals surface area contributed by atoms with Gasteiger partial charge in [0.15, 0.2) is 30.7 Å². The number of hydrogen-bond acceptors (Lipinski definition) is 9. The molecule has 0 spiro atoms. The fraction of sp³-hybridized carbons (Fsp3) is 0.733. The highest BCUT2D eigenvalue weighted by Crippen LogP contribution is 2.28. The summed E-state index contributed by atoms with van der Waals surface area (Å²) in [5.41, 5.74) is 0. The van der Waals surface area contributed by atoms with E-state index >= 15 is 0 Å².